The highest BCUT2D eigenvalue weighted by molar-refractivity contribution is 5.88. The van der Waals surface area contributed by atoms with E-state index in [-0.39, 0.29) is 25.4 Å². The summed E-state index contributed by atoms with van der Waals surface area (Å²) in [7, 11) is 1.92. The molecule has 0 aliphatic heterocycles. The average molecular weight is 478 g/mol. The lowest BCUT2D eigenvalue weighted by Crippen LogP contribution is -2.32. The number of anilines is 2. The van der Waals surface area contributed by atoms with Gasteiger partial charge in [-0.3, -0.25) is 10.6 Å². The summed E-state index contributed by atoms with van der Waals surface area (Å²) in [6, 6.07) is 6.20. The van der Waals surface area contributed by atoms with Crippen LogP contribution in [-0.2, 0) is 28.5 Å². The summed E-state index contributed by atoms with van der Waals surface area (Å²) in [6.07, 6.45) is -1.57. The lowest BCUT2D eigenvalue weighted by Gasteiger charge is -2.18. The van der Waals surface area contributed by atoms with E-state index in [0.29, 0.717) is 17.9 Å². The molecule has 0 aromatic heterocycles. The van der Waals surface area contributed by atoms with Crippen LogP contribution < -0.4 is 10.6 Å². The number of rotatable bonds is 13. The number of esters is 2. The topological polar surface area (TPSA) is 132 Å². The van der Waals surface area contributed by atoms with Gasteiger partial charge >= 0.3 is 24.1 Å². The third-order valence-electron chi connectivity index (χ3n) is 4.22. The quantitative estimate of drug-likeness (QED) is 0.250. The Morgan fingerprint density at radius 1 is 1.00 bits per heavy atom. The van der Waals surface area contributed by atoms with Gasteiger partial charge in [-0.1, -0.05) is 20.1 Å². The number of nitrogens with one attached hydrogen (secondary N) is 2. The second kappa shape index (κ2) is 15.1. The normalized spacial score (nSPS) is 11.1. The summed E-state index contributed by atoms with van der Waals surface area (Å²) in [4.78, 5) is 48.9. The number of benzene rings is 1. The van der Waals surface area contributed by atoms with Crippen LogP contribution in [0.25, 0.3) is 0 Å². The molecule has 0 radical (unpaired) electrons. The van der Waals surface area contributed by atoms with Crippen molar-refractivity contribution < 1.29 is 38.1 Å². The molecule has 2 N–H and O–H groups in total. The number of amides is 2. The first-order chi connectivity index (χ1) is 16.1. The maximum atomic E-state index is 12.2. The zero-order chi connectivity index (χ0) is 25.5. The fourth-order valence-electron chi connectivity index (χ4n) is 2.18. The Labute approximate surface area is 198 Å². The van der Waals surface area contributed by atoms with Crippen LogP contribution in [0.3, 0.4) is 0 Å². The number of likely N-dealkylation sites (N-methyl/N-ethyl adjacent to an activating group) is 1. The first-order valence-electron chi connectivity index (χ1n) is 10.5. The van der Waals surface area contributed by atoms with Crippen molar-refractivity contribution in [2.75, 3.05) is 50.6 Å². The van der Waals surface area contributed by atoms with Crippen molar-refractivity contribution in [1.29, 1.82) is 0 Å². The van der Waals surface area contributed by atoms with Gasteiger partial charge in [-0.15, -0.1) is 0 Å². The van der Waals surface area contributed by atoms with Crippen molar-refractivity contribution in [2.45, 2.75) is 20.0 Å². The molecule has 11 nitrogen and oxygen atoms in total. The van der Waals surface area contributed by atoms with Crippen molar-refractivity contribution >= 4 is 35.5 Å². The molecule has 186 valence electrons. The summed E-state index contributed by atoms with van der Waals surface area (Å²) in [5.41, 5.74) is 1.00. The van der Waals surface area contributed by atoms with Crippen LogP contribution in [0.5, 0.6) is 0 Å². The van der Waals surface area contributed by atoms with Crippen LogP contribution in [0.15, 0.2) is 49.1 Å². The Kier molecular flexibility index (Phi) is 12.5. The van der Waals surface area contributed by atoms with Crippen molar-refractivity contribution in [3.8, 4) is 0 Å². The van der Waals surface area contributed by atoms with Crippen molar-refractivity contribution in [2.24, 2.45) is 0 Å². The van der Waals surface area contributed by atoms with E-state index in [2.05, 4.69) is 23.8 Å². The molecule has 0 saturated carbocycles. The van der Waals surface area contributed by atoms with E-state index < -0.39 is 30.2 Å². The fraction of sp³-hybridized carbons (Fsp3) is 0.391. The molecule has 1 aromatic rings. The smallest absolute Gasteiger partial charge is 0.412 e. The average Bonchev–Trinajstić information content (AvgIpc) is 2.81. The molecular formula is C23H31N3O8. The minimum Gasteiger partial charge on any atom is -0.458 e. The van der Waals surface area contributed by atoms with E-state index in [9.17, 15) is 19.2 Å². The van der Waals surface area contributed by atoms with Crippen LogP contribution in [0.4, 0.5) is 21.0 Å². The Hall–Kier alpha value is -3.86. The molecule has 34 heavy (non-hydrogen) atoms. The molecule has 0 fully saturated rings. The maximum absolute atomic E-state index is 12.2. The molecule has 0 heterocycles. The third-order valence-corrected chi connectivity index (χ3v) is 4.22. The summed E-state index contributed by atoms with van der Waals surface area (Å²) in [5.74, 6) is -1.40. The monoisotopic (exact) mass is 477 g/mol. The SMILES string of the molecule is C=CC(=O)OCC(COC(=O)C(=C)C)OC(=O)Nc1ccc(NC(=O)OCCN(C)CC)cc1. The van der Waals surface area contributed by atoms with E-state index in [4.69, 9.17) is 18.9 Å². The summed E-state index contributed by atoms with van der Waals surface area (Å²) in [5, 5.41) is 5.07. The van der Waals surface area contributed by atoms with Crippen LogP contribution in [0.2, 0.25) is 0 Å². The zero-order valence-electron chi connectivity index (χ0n) is 19.6. The lowest BCUT2D eigenvalue weighted by molar-refractivity contribution is -0.146. The van der Waals surface area contributed by atoms with E-state index in [1.807, 2.05) is 18.9 Å². The van der Waals surface area contributed by atoms with Crippen molar-refractivity contribution in [1.82, 2.24) is 4.90 Å². The number of nitrogens with zero attached hydrogens (tertiary/aromatic N) is 1. The van der Waals surface area contributed by atoms with Gasteiger partial charge in [-0.05, 0) is 44.8 Å². The zero-order valence-corrected chi connectivity index (χ0v) is 19.6. The lowest BCUT2D eigenvalue weighted by atomic mass is 10.3. The number of hydrogen-bond donors (Lipinski definition) is 2. The number of hydrogen-bond acceptors (Lipinski definition) is 9. The highest BCUT2D eigenvalue weighted by atomic mass is 16.6. The minimum absolute atomic E-state index is 0.164. The van der Waals surface area contributed by atoms with Gasteiger partial charge in [0.1, 0.15) is 19.8 Å². The highest BCUT2D eigenvalue weighted by Crippen LogP contribution is 2.14. The Morgan fingerprint density at radius 3 is 2.09 bits per heavy atom. The summed E-state index contributed by atoms with van der Waals surface area (Å²) in [6.45, 7) is 11.2. The molecule has 2 amide bonds. The van der Waals surface area contributed by atoms with Gasteiger partial charge in [0.25, 0.3) is 0 Å². The molecule has 1 rings (SSSR count). The van der Waals surface area contributed by atoms with Crippen molar-refractivity contribution in [3.63, 3.8) is 0 Å². The number of carbonyl (C=O) groups is 4. The molecular weight excluding hydrogens is 446 g/mol. The number of ether oxygens (including phenoxy) is 4. The van der Waals surface area contributed by atoms with Crippen LogP contribution in [-0.4, -0.2) is 75.1 Å². The molecule has 1 atom stereocenters. The molecule has 0 aliphatic rings. The van der Waals surface area contributed by atoms with Crippen LogP contribution in [0, 0.1) is 0 Å². The Morgan fingerprint density at radius 2 is 1.56 bits per heavy atom. The predicted octanol–water partition coefficient (Wildman–Crippen LogP) is 2.95. The molecule has 0 aliphatic carbocycles. The maximum Gasteiger partial charge on any atom is 0.412 e. The second-order valence-corrected chi connectivity index (χ2v) is 7.10. The minimum atomic E-state index is -1.06. The number of carbonyl (C=O) groups excluding carboxylic acids is 4. The highest BCUT2D eigenvalue weighted by Gasteiger charge is 2.19. The molecule has 0 saturated heterocycles. The van der Waals surface area contributed by atoms with Gasteiger partial charge in [0, 0.05) is 29.6 Å². The van der Waals surface area contributed by atoms with Gasteiger partial charge in [0.05, 0.1) is 0 Å². The first-order valence-corrected chi connectivity index (χ1v) is 10.5. The van der Waals surface area contributed by atoms with E-state index in [1.54, 1.807) is 12.1 Å². The van der Waals surface area contributed by atoms with Gasteiger partial charge < -0.3 is 23.8 Å². The molecule has 1 aromatic carbocycles. The molecule has 11 heteroatoms. The van der Waals surface area contributed by atoms with E-state index in [0.717, 1.165) is 12.6 Å². The summed E-state index contributed by atoms with van der Waals surface area (Å²) >= 11 is 0. The van der Waals surface area contributed by atoms with E-state index in [1.165, 1.54) is 19.1 Å². The molecule has 0 bridgehead atoms. The van der Waals surface area contributed by atoms with Gasteiger partial charge in [0.15, 0.2) is 6.10 Å². The second-order valence-electron chi connectivity index (χ2n) is 7.10. The summed E-state index contributed by atoms with van der Waals surface area (Å²) < 4.78 is 20.1. The molecule has 1 unspecified atom stereocenters. The molecule has 0 spiro atoms. The van der Waals surface area contributed by atoms with Gasteiger partial charge in [-0.25, -0.2) is 19.2 Å². The fourth-order valence-corrected chi connectivity index (χ4v) is 2.18. The third kappa shape index (κ3) is 11.7. The Balaban J connectivity index is 2.58. The van der Waals surface area contributed by atoms with Gasteiger partial charge in [0.2, 0.25) is 0 Å². The van der Waals surface area contributed by atoms with Crippen LogP contribution in [0.1, 0.15) is 13.8 Å². The standard InChI is InChI=1S/C23H31N3O8/c1-6-20(27)32-14-19(15-33-21(28)16(3)4)34-23(30)25-18-10-8-17(9-11-18)24-22(29)31-13-12-26(5)7-2/h6,8-11,19H,1,3,7,12-15H2,2,4-5H3,(H,24,29)(H,25,30). The van der Waals surface area contributed by atoms with Crippen LogP contribution >= 0.6 is 0 Å². The predicted molar refractivity (Wildman–Crippen MR) is 125 cm³/mol. The largest absolute Gasteiger partial charge is 0.458 e. The Bertz CT molecular complexity index is 869. The first kappa shape index (κ1) is 28.2. The van der Waals surface area contributed by atoms with Gasteiger partial charge in [-0.2, -0.15) is 0 Å². The van der Waals surface area contributed by atoms with E-state index >= 15 is 0 Å². The van der Waals surface area contributed by atoms with Crippen molar-refractivity contribution in [3.05, 3.63) is 49.1 Å².